The van der Waals surface area contributed by atoms with Gasteiger partial charge in [0.2, 0.25) is 0 Å². The fourth-order valence-electron chi connectivity index (χ4n) is 2.41. The molecule has 1 saturated carbocycles. The normalized spacial score (nSPS) is 35.8. The molecule has 0 aromatic carbocycles. The first-order valence-corrected chi connectivity index (χ1v) is 5.49. The van der Waals surface area contributed by atoms with Gasteiger partial charge in [0.25, 0.3) is 0 Å². The summed E-state index contributed by atoms with van der Waals surface area (Å²) in [5.74, 6) is 1.58. The zero-order valence-electron chi connectivity index (χ0n) is 9.72. The van der Waals surface area contributed by atoms with E-state index >= 15 is 0 Å². The lowest BCUT2D eigenvalue weighted by Crippen LogP contribution is -2.39. The molecular weight excluding hydrogens is 160 g/mol. The molecule has 0 aromatic heterocycles. The molecule has 1 nitrogen and oxygen atoms in total. The first kappa shape index (κ1) is 11.0. The Hall–Kier alpha value is -0.0400. The van der Waals surface area contributed by atoms with Crippen molar-refractivity contribution in [3.63, 3.8) is 0 Å². The molecule has 1 N–H and O–H groups in total. The molecule has 0 aromatic rings. The molecule has 1 heteroatoms. The molecule has 1 rings (SSSR count). The first-order chi connectivity index (χ1) is 5.76. The van der Waals surface area contributed by atoms with Gasteiger partial charge in [-0.3, -0.25) is 0 Å². The SMILES string of the molecule is CC(C)C1CC[C@@](C)(C(C)(C)O)C1. The van der Waals surface area contributed by atoms with Crippen LogP contribution in [-0.4, -0.2) is 10.7 Å². The maximum atomic E-state index is 10.1. The number of hydrogen-bond acceptors (Lipinski definition) is 1. The van der Waals surface area contributed by atoms with Gasteiger partial charge in [0.05, 0.1) is 5.60 Å². The Balaban J connectivity index is 2.67. The van der Waals surface area contributed by atoms with E-state index in [2.05, 4.69) is 20.8 Å². The van der Waals surface area contributed by atoms with Crippen LogP contribution in [0.1, 0.15) is 53.9 Å². The summed E-state index contributed by atoms with van der Waals surface area (Å²) >= 11 is 0. The molecule has 1 aliphatic rings. The standard InChI is InChI=1S/C12H24O/c1-9(2)10-6-7-12(5,8-10)11(3,4)13/h9-10,13H,6-8H2,1-5H3/t10?,12-/m1/s1. The number of aliphatic hydroxyl groups is 1. The van der Waals surface area contributed by atoms with Crippen molar-refractivity contribution >= 4 is 0 Å². The van der Waals surface area contributed by atoms with Crippen LogP contribution in [-0.2, 0) is 0 Å². The summed E-state index contributed by atoms with van der Waals surface area (Å²) in [5.41, 5.74) is -0.376. The number of hydrogen-bond donors (Lipinski definition) is 1. The summed E-state index contributed by atoms with van der Waals surface area (Å²) in [6.07, 6.45) is 3.66. The van der Waals surface area contributed by atoms with Crippen molar-refractivity contribution in [3.05, 3.63) is 0 Å². The zero-order valence-corrected chi connectivity index (χ0v) is 9.72. The van der Waals surface area contributed by atoms with Crippen molar-refractivity contribution in [3.8, 4) is 0 Å². The Kier molecular flexibility index (Phi) is 2.78. The predicted octanol–water partition coefficient (Wildman–Crippen LogP) is 3.22. The van der Waals surface area contributed by atoms with Crippen molar-refractivity contribution in [1.82, 2.24) is 0 Å². The van der Waals surface area contributed by atoms with Crippen molar-refractivity contribution in [2.75, 3.05) is 0 Å². The Bertz CT molecular complexity index is 178. The first-order valence-electron chi connectivity index (χ1n) is 5.49. The van der Waals surface area contributed by atoms with Crippen LogP contribution < -0.4 is 0 Å². The second-order valence-corrected chi connectivity index (χ2v) is 5.87. The van der Waals surface area contributed by atoms with Crippen molar-refractivity contribution in [2.45, 2.75) is 59.5 Å². The average Bonchev–Trinajstić information content (AvgIpc) is 2.31. The molecule has 0 aliphatic heterocycles. The molecule has 0 amide bonds. The third-order valence-corrected chi connectivity index (χ3v) is 4.20. The predicted molar refractivity (Wildman–Crippen MR) is 56.6 cm³/mol. The molecule has 2 atom stereocenters. The van der Waals surface area contributed by atoms with Gasteiger partial charge < -0.3 is 5.11 Å². The van der Waals surface area contributed by atoms with Gasteiger partial charge in [0.15, 0.2) is 0 Å². The second kappa shape index (κ2) is 3.27. The van der Waals surface area contributed by atoms with E-state index in [1.165, 1.54) is 19.3 Å². The Morgan fingerprint density at radius 3 is 2.15 bits per heavy atom. The summed E-state index contributed by atoms with van der Waals surface area (Å²) in [4.78, 5) is 0. The van der Waals surface area contributed by atoms with Gasteiger partial charge in [-0.25, -0.2) is 0 Å². The highest BCUT2D eigenvalue weighted by Crippen LogP contribution is 2.50. The molecule has 0 saturated heterocycles. The van der Waals surface area contributed by atoms with E-state index in [-0.39, 0.29) is 5.41 Å². The van der Waals surface area contributed by atoms with Gasteiger partial charge >= 0.3 is 0 Å². The number of rotatable bonds is 2. The molecule has 0 bridgehead atoms. The third-order valence-electron chi connectivity index (χ3n) is 4.20. The van der Waals surface area contributed by atoms with Gasteiger partial charge in [-0.1, -0.05) is 20.8 Å². The molecule has 13 heavy (non-hydrogen) atoms. The maximum Gasteiger partial charge on any atom is 0.0645 e. The van der Waals surface area contributed by atoms with Crippen molar-refractivity contribution in [1.29, 1.82) is 0 Å². The van der Waals surface area contributed by atoms with E-state index in [1.807, 2.05) is 13.8 Å². The Labute approximate surface area is 82.5 Å². The summed E-state index contributed by atoms with van der Waals surface area (Å²) in [5, 5.41) is 10.1. The summed E-state index contributed by atoms with van der Waals surface area (Å²) < 4.78 is 0. The Morgan fingerprint density at radius 2 is 1.92 bits per heavy atom. The highest BCUT2D eigenvalue weighted by molar-refractivity contribution is 4.96. The molecule has 1 unspecified atom stereocenters. The van der Waals surface area contributed by atoms with Crippen LogP contribution in [0.15, 0.2) is 0 Å². The van der Waals surface area contributed by atoms with E-state index in [0.29, 0.717) is 0 Å². The van der Waals surface area contributed by atoms with E-state index < -0.39 is 5.60 Å². The summed E-state index contributed by atoms with van der Waals surface area (Å²) in [6.45, 7) is 10.7. The van der Waals surface area contributed by atoms with E-state index in [4.69, 9.17) is 0 Å². The monoisotopic (exact) mass is 184 g/mol. The molecule has 1 aliphatic carbocycles. The van der Waals surface area contributed by atoms with Gasteiger partial charge in [-0.05, 0) is 50.4 Å². The molecule has 0 heterocycles. The topological polar surface area (TPSA) is 20.2 Å². The average molecular weight is 184 g/mol. The van der Waals surface area contributed by atoms with Gasteiger partial charge in [-0.2, -0.15) is 0 Å². The lowest BCUT2D eigenvalue weighted by atomic mass is 9.73. The van der Waals surface area contributed by atoms with Crippen LogP contribution in [0.25, 0.3) is 0 Å². The van der Waals surface area contributed by atoms with E-state index in [0.717, 1.165) is 11.8 Å². The van der Waals surface area contributed by atoms with Crippen molar-refractivity contribution in [2.24, 2.45) is 17.3 Å². The van der Waals surface area contributed by atoms with Gasteiger partial charge in [0.1, 0.15) is 0 Å². The zero-order chi connectivity index (χ0) is 10.3. The van der Waals surface area contributed by atoms with Crippen LogP contribution >= 0.6 is 0 Å². The minimum Gasteiger partial charge on any atom is -0.390 e. The van der Waals surface area contributed by atoms with E-state index in [1.54, 1.807) is 0 Å². The van der Waals surface area contributed by atoms with Gasteiger partial charge in [0, 0.05) is 0 Å². The molecule has 0 radical (unpaired) electrons. The largest absolute Gasteiger partial charge is 0.390 e. The minimum atomic E-state index is -0.517. The summed E-state index contributed by atoms with van der Waals surface area (Å²) in [6, 6.07) is 0. The lowest BCUT2D eigenvalue weighted by Gasteiger charge is -2.37. The van der Waals surface area contributed by atoms with Crippen LogP contribution in [0.2, 0.25) is 0 Å². The van der Waals surface area contributed by atoms with Crippen LogP contribution in [0.3, 0.4) is 0 Å². The highest BCUT2D eigenvalue weighted by Gasteiger charge is 2.45. The Morgan fingerprint density at radius 1 is 1.38 bits per heavy atom. The minimum absolute atomic E-state index is 0.141. The molecular formula is C12H24O. The summed E-state index contributed by atoms with van der Waals surface area (Å²) in [7, 11) is 0. The maximum absolute atomic E-state index is 10.1. The quantitative estimate of drug-likeness (QED) is 0.698. The van der Waals surface area contributed by atoms with Crippen LogP contribution in [0.4, 0.5) is 0 Å². The molecule has 78 valence electrons. The third kappa shape index (κ3) is 2.07. The fourth-order valence-corrected chi connectivity index (χ4v) is 2.41. The van der Waals surface area contributed by atoms with Crippen molar-refractivity contribution < 1.29 is 5.11 Å². The molecule has 0 spiro atoms. The lowest BCUT2D eigenvalue weighted by molar-refractivity contribution is -0.0446. The van der Waals surface area contributed by atoms with Crippen LogP contribution in [0.5, 0.6) is 0 Å². The van der Waals surface area contributed by atoms with E-state index in [9.17, 15) is 5.11 Å². The van der Waals surface area contributed by atoms with Gasteiger partial charge in [-0.15, -0.1) is 0 Å². The molecule has 1 fully saturated rings. The fraction of sp³-hybridized carbons (Fsp3) is 1.00. The van der Waals surface area contributed by atoms with Crippen LogP contribution in [0, 0.1) is 17.3 Å². The smallest absolute Gasteiger partial charge is 0.0645 e. The highest BCUT2D eigenvalue weighted by atomic mass is 16.3. The second-order valence-electron chi connectivity index (χ2n) is 5.87.